The van der Waals surface area contributed by atoms with Crippen molar-refractivity contribution in [1.82, 2.24) is 19.6 Å². The van der Waals surface area contributed by atoms with Crippen molar-refractivity contribution in [3.05, 3.63) is 17.5 Å². The Labute approximate surface area is 99.8 Å². The Bertz CT molecular complexity index is 433. The van der Waals surface area contributed by atoms with Gasteiger partial charge in [-0.15, -0.1) is 0 Å². The first-order valence-corrected chi connectivity index (χ1v) is 5.60. The molecule has 0 radical (unpaired) electrons. The van der Waals surface area contributed by atoms with Crippen LogP contribution < -0.4 is 0 Å². The summed E-state index contributed by atoms with van der Waals surface area (Å²) in [6.45, 7) is 4.27. The third kappa shape index (κ3) is 2.15. The van der Waals surface area contributed by atoms with E-state index < -0.39 is 0 Å². The van der Waals surface area contributed by atoms with Crippen molar-refractivity contribution < 1.29 is 9.59 Å². The van der Waals surface area contributed by atoms with E-state index in [1.807, 2.05) is 14.0 Å². The van der Waals surface area contributed by atoms with Gasteiger partial charge in [0.05, 0.1) is 11.8 Å². The number of carbonyl (C=O) groups is 2. The topological polar surface area (TPSA) is 58.4 Å². The van der Waals surface area contributed by atoms with Crippen molar-refractivity contribution in [3.63, 3.8) is 0 Å². The van der Waals surface area contributed by atoms with Gasteiger partial charge in [0.15, 0.2) is 0 Å². The monoisotopic (exact) mass is 236 g/mol. The van der Waals surface area contributed by atoms with Gasteiger partial charge in [-0.1, -0.05) is 0 Å². The number of nitrogens with zero attached hydrogens (tertiary/aromatic N) is 4. The number of hydrogen-bond acceptors (Lipinski definition) is 3. The molecule has 1 aromatic rings. The van der Waals surface area contributed by atoms with E-state index >= 15 is 0 Å². The molecule has 6 heteroatoms. The van der Waals surface area contributed by atoms with Crippen LogP contribution in [0.1, 0.15) is 16.1 Å². The predicted molar refractivity (Wildman–Crippen MR) is 61.5 cm³/mol. The Balaban J connectivity index is 2.07. The Morgan fingerprint density at radius 2 is 2.00 bits per heavy atom. The molecule has 92 valence electrons. The fourth-order valence-corrected chi connectivity index (χ4v) is 1.91. The average molecular weight is 236 g/mol. The van der Waals surface area contributed by atoms with Gasteiger partial charge in [0.2, 0.25) is 6.41 Å². The quantitative estimate of drug-likeness (QED) is 0.659. The standard InChI is InChI=1S/C11H16N4O2/c1-9-10(7-12-13(9)2)11(17)15-5-3-14(8-16)4-6-15/h7-8H,3-6H2,1-2H3. The number of aromatic nitrogens is 2. The molecule has 1 aliphatic heterocycles. The van der Waals surface area contributed by atoms with E-state index in [9.17, 15) is 9.59 Å². The third-order valence-electron chi connectivity index (χ3n) is 3.22. The van der Waals surface area contributed by atoms with Gasteiger partial charge >= 0.3 is 0 Å². The molecule has 1 saturated heterocycles. The average Bonchev–Trinajstić information content (AvgIpc) is 2.69. The molecule has 0 spiro atoms. The molecule has 0 atom stereocenters. The highest BCUT2D eigenvalue weighted by molar-refractivity contribution is 5.95. The zero-order valence-electron chi connectivity index (χ0n) is 10.1. The van der Waals surface area contributed by atoms with E-state index in [-0.39, 0.29) is 5.91 Å². The van der Waals surface area contributed by atoms with E-state index in [0.29, 0.717) is 31.7 Å². The molecule has 2 amide bonds. The zero-order chi connectivity index (χ0) is 12.4. The summed E-state index contributed by atoms with van der Waals surface area (Å²) in [6.07, 6.45) is 2.43. The summed E-state index contributed by atoms with van der Waals surface area (Å²) in [5.74, 6) is 0.00106. The SMILES string of the molecule is Cc1c(C(=O)N2CCN(C=O)CC2)cnn1C. The van der Waals surface area contributed by atoms with Crippen LogP contribution in [0.2, 0.25) is 0 Å². The van der Waals surface area contributed by atoms with Crippen LogP contribution in [0.5, 0.6) is 0 Å². The first kappa shape index (κ1) is 11.6. The molecule has 2 heterocycles. The molecule has 17 heavy (non-hydrogen) atoms. The summed E-state index contributed by atoms with van der Waals surface area (Å²) >= 11 is 0. The van der Waals surface area contributed by atoms with E-state index in [1.54, 1.807) is 20.7 Å². The summed E-state index contributed by atoms with van der Waals surface area (Å²) in [6, 6.07) is 0. The molecule has 6 nitrogen and oxygen atoms in total. The van der Waals surface area contributed by atoms with E-state index in [4.69, 9.17) is 0 Å². The van der Waals surface area contributed by atoms with Gasteiger partial charge in [0.1, 0.15) is 0 Å². The Morgan fingerprint density at radius 3 is 2.47 bits per heavy atom. The fraction of sp³-hybridized carbons (Fsp3) is 0.545. The van der Waals surface area contributed by atoms with E-state index in [1.165, 1.54) is 0 Å². The highest BCUT2D eigenvalue weighted by atomic mass is 16.2. The number of amides is 2. The lowest BCUT2D eigenvalue weighted by molar-refractivity contribution is -0.119. The number of piperazine rings is 1. The summed E-state index contributed by atoms with van der Waals surface area (Å²) < 4.78 is 1.69. The van der Waals surface area contributed by atoms with Crippen molar-refractivity contribution in [2.75, 3.05) is 26.2 Å². The number of carbonyl (C=O) groups excluding carboxylic acids is 2. The first-order valence-electron chi connectivity index (χ1n) is 5.60. The second-order valence-electron chi connectivity index (χ2n) is 4.20. The van der Waals surface area contributed by atoms with Crippen LogP contribution in [-0.2, 0) is 11.8 Å². The lowest BCUT2D eigenvalue weighted by atomic mass is 10.2. The summed E-state index contributed by atoms with van der Waals surface area (Å²) in [5.41, 5.74) is 1.51. The molecule has 2 rings (SSSR count). The van der Waals surface area contributed by atoms with Gasteiger partial charge in [-0.3, -0.25) is 14.3 Å². The van der Waals surface area contributed by atoms with Crippen molar-refractivity contribution >= 4 is 12.3 Å². The summed E-state index contributed by atoms with van der Waals surface area (Å²) in [4.78, 5) is 26.2. The Morgan fingerprint density at radius 1 is 1.35 bits per heavy atom. The third-order valence-corrected chi connectivity index (χ3v) is 3.22. The van der Waals surface area contributed by atoms with Crippen LogP contribution in [0.3, 0.4) is 0 Å². The van der Waals surface area contributed by atoms with Crippen LogP contribution in [0.25, 0.3) is 0 Å². The number of hydrogen-bond donors (Lipinski definition) is 0. The first-order chi connectivity index (χ1) is 8.13. The van der Waals surface area contributed by atoms with Crippen LogP contribution in [-0.4, -0.2) is 58.1 Å². The zero-order valence-corrected chi connectivity index (χ0v) is 10.1. The fourth-order valence-electron chi connectivity index (χ4n) is 1.91. The predicted octanol–water partition coefficient (Wildman–Crippen LogP) is -0.357. The molecule has 0 bridgehead atoms. The largest absolute Gasteiger partial charge is 0.342 e. The van der Waals surface area contributed by atoms with Gasteiger partial charge in [-0.25, -0.2) is 0 Å². The maximum atomic E-state index is 12.2. The van der Waals surface area contributed by atoms with Gasteiger partial charge in [0, 0.05) is 38.9 Å². The normalized spacial score (nSPS) is 16.1. The molecule has 1 aromatic heterocycles. The number of rotatable bonds is 2. The highest BCUT2D eigenvalue weighted by Crippen LogP contribution is 2.11. The number of aryl methyl sites for hydroxylation is 1. The van der Waals surface area contributed by atoms with Crippen LogP contribution in [0.15, 0.2) is 6.20 Å². The van der Waals surface area contributed by atoms with Crippen molar-refractivity contribution in [2.24, 2.45) is 7.05 Å². The lowest BCUT2D eigenvalue weighted by Crippen LogP contribution is -2.48. The van der Waals surface area contributed by atoms with Crippen LogP contribution in [0.4, 0.5) is 0 Å². The molecule has 0 unspecified atom stereocenters. The smallest absolute Gasteiger partial charge is 0.257 e. The Kier molecular flexibility index (Phi) is 3.12. The van der Waals surface area contributed by atoms with E-state index in [2.05, 4.69) is 5.10 Å². The van der Waals surface area contributed by atoms with Gasteiger partial charge in [0.25, 0.3) is 5.91 Å². The minimum Gasteiger partial charge on any atom is -0.342 e. The van der Waals surface area contributed by atoms with Gasteiger partial charge in [-0.2, -0.15) is 5.10 Å². The van der Waals surface area contributed by atoms with Crippen molar-refractivity contribution in [1.29, 1.82) is 0 Å². The second kappa shape index (κ2) is 4.57. The Hall–Kier alpha value is -1.85. The molecular weight excluding hydrogens is 220 g/mol. The van der Waals surface area contributed by atoms with E-state index in [0.717, 1.165) is 12.1 Å². The minimum absolute atomic E-state index is 0.00106. The molecular formula is C11H16N4O2. The maximum Gasteiger partial charge on any atom is 0.257 e. The molecule has 0 aromatic carbocycles. The summed E-state index contributed by atoms with van der Waals surface area (Å²) in [7, 11) is 1.82. The lowest BCUT2D eigenvalue weighted by Gasteiger charge is -2.32. The molecule has 0 aliphatic carbocycles. The second-order valence-corrected chi connectivity index (χ2v) is 4.20. The molecule has 1 fully saturated rings. The van der Waals surface area contributed by atoms with Crippen LogP contribution >= 0.6 is 0 Å². The van der Waals surface area contributed by atoms with Gasteiger partial charge in [-0.05, 0) is 6.92 Å². The maximum absolute atomic E-state index is 12.2. The highest BCUT2D eigenvalue weighted by Gasteiger charge is 2.23. The van der Waals surface area contributed by atoms with Crippen LogP contribution in [0, 0.1) is 6.92 Å². The van der Waals surface area contributed by atoms with Gasteiger partial charge < -0.3 is 9.80 Å². The minimum atomic E-state index is 0.00106. The molecule has 0 N–H and O–H groups in total. The molecule has 1 aliphatic rings. The summed E-state index contributed by atoms with van der Waals surface area (Å²) in [5, 5.41) is 4.07. The van der Waals surface area contributed by atoms with Crippen molar-refractivity contribution in [2.45, 2.75) is 6.92 Å². The van der Waals surface area contributed by atoms with Crippen molar-refractivity contribution in [3.8, 4) is 0 Å². The molecule has 0 saturated carbocycles.